The quantitative estimate of drug-likeness (QED) is 0.842. The minimum absolute atomic E-state index is 0.140. The molecule has 1 aromatic rings. The van der Waals surface area contributed by atoms with Gasteiger partial charge in [-0.25, -0.2) is 0 Å². The summed E-state index contributed by atoms with van der Waals surface area (Å²) >= 11 is 0. The van der Waals surface area contributed by atoms with Crippen LogP contribution in [0.15, 0.2) is 18.2 Å². The minimum Gasteiger partial charge on any atom is -0.373 e. The molecule has 0 unspecified atom stereocenters. The van der Waals surface area contributed by atoms with Gasteiger partial charge in [0.1, 0.15) is 0 Å². The zero-order valence-corrected chi connectivity index (χ0v) is 12.1. The van der Waals surface area contributed by atoms with Gasteiger partial charge in [-0.2, -0.15) is 0 Å². The Morgan fingerprint density at radius 1 is 1.24 bits per heavy atom. The second kappa shape index (κ2) is 5.54. The van der Waals surface area contributed by atoms with E-state index in [0.29, 0.717) is 0 Å². The molecule has 0 aromatic heterocycles. The first-order valence-corrected chi connectivity index (χ1v) is 6.39. The number of benzene rings is 1. The molecule has 0 radical (unpaired) electrons. The van der Waals surface area contributed by atoms with Gasteiger partial charge in [0.15, 0.2) is 0 Å². The van der Waals surface area contributed by atoms with Crippen LogP contribution in [0.25, 0.3) is 0 Å². The van der Waals surface area contributed by atoms with E-state index < -0.39 is 0 Å². The van der Waals surface area contributed by atoms with E-state index in [1.54, 1.807) is 0 Å². The summed E-state index contributed by atoms with van der Waals surface area (Å²) in [6, 6.07) is 6.64. The van der Waals surface area contributed by atoms with E-state index in [9.17, 15) is 0 Å². The van der Waals surface area contributed by atoms with Crippen molar-refractivity contribution in [2.45, 2.75) is 40.2 Å². The predicted octanol–water partition coefficient (Wildman–Crippen LogP) is 3.13. The molecule has 0 saturated carbocycles. The number of nitrogens with zero attached hydrogens (tertiary/aromatic N) is 1. The van der Waals surface area contributed by atoms with Crippen molar-refractivity contribution >= 4 is 5.69 Å². The standard InChI is InChI=1S/C15H26N2/c1-7-16-15(4,5)11-17(6)14-9-8-12(2)10-13(14)3/h8-10,16H,7,11H2,1-6H3. The topological polar surface area (TPSA) is 15.3 Å². The van der Waals surface area contributed by atoms with Gasteiger partial charge >= 0.3 is 0 Å². The number of hydrogen-bond acceptors (Lipinski definition) is 2. The maximum Gasteiger partial charge on any atom is 0.0394 e. The number of likely N-dealkylation sites (N-methyl/N-ethyl adjacent to an activating group) is 2. The predicted molar refractivity (Wildman–Crippen MR) is 76.9 cm³/mol. The molecule has 0 heterocycles. The molecule has 2 heteroatoms. The third-order valence-corrected chi connectivity index (χ3v) is 3.05. The molecule has 96 valence electrons. The third-order valence-electron chi connectivity index (χ3n) is 3.05. The Kier molecular flexibility index (Phi) is 4.58. The van der Waals surface area contributed by atoms with Gasteiger partial charge in [-0.1, -0.05) is 24.6 Å². The van der Waals surface area contributed by atoms with Crippen LogP contribution in [0.2, 0.25) is 0 Å². The van der Waals surface area contributed by atoms with Crippen LogP contribution in [0.1, 0.15) is 31.9 Å². The SMILES string of the molecule is CCNC(C)(C)CN(C)c1ccc(C)cc1C. The second-order valence-electron chi connectivity index (χ2n) is 5.56. The Labute approximate surface area is 106 Å². The molecule has 0 fully saturated rings. The lowest BCUT2D eigenvalue weighted by molar-refractivity contribution is 0.403. The van der Waals surface area contributed by atoms with Gasteiger partial charge in [-0.15, -0.1) is 0 Å². The van der Waals surface area contributed by atoms with Crippen LogP contribution < -0.4 is 10.2 Å². The summed E-state index contributed by atoms with van der Waals surface area (Å²) in [5.74, 6) is 0. The van der Waals surface area contributed by atoms with E-state index in [2.05, 4.69) is 70.1 Å². The molecule has 0 saturated heterocycles. The molecule has 0 aliphatic rings. The summed E-state index contributed by atoms with van der Waals surface area (Å²) in [7, 11) is 2.16. The fraction of sp³-hybridized carbons (Fsp3) is 0.600. The smallest absolute Gasteiger partial charge is 0.0394 e. The van der Waals surface area contributed by atoms with Crippen LogP contribution >= 0.6 is 0 Å². The first-order valence-electron chi connectivity index (χ1n) is 6.39. The molecule has 1 aromatic carbocycles. The number of nitrogens with one attached hydrogen (secondary N) is 1. The zero-order chi connectivity index (χ0) is 13.1. The summed E-state index contributed by atoms with van der Waals surface area (Å²) in [5.41, 5.74) is 4.13. The van der Waals surface area contributed by atoms with Gasteiger partial charge < -0.3 is 10.2 Å². The summed E-state index contributed by atoms with van der Waals surface area (Å²) in [4.78, 5) is 2.33. The van der Waals surface area contributed by atoms with Gasteiger partial charge in [0.05, 0.1) is 0 Å². The Hall–Kier alpha value is -1.02. The van der Waals surface area contributed by atoms with Crippen LogP contribution in [-0.2, 0) is 0 Å². The van der Waals surface area contributed by atoms with E-state index >= 15 is 0 Å². The first-order chi connectivity index (χ1) is 7.85. The maximum atomic E-state index is 3.51. The zero-order valence-electron chi connectivity index (χ0n) is 12.1. The molecular weight excluding hydrogens is 208 g/mol. The minimum atomic E-state index is 0.140. The van der Waals surface area contributed by atoms with E-state index in [1.165, 1.54) is 16.8 Å². The summed E-state index contributed by atoms with van der Waals surface area (Å²) in [6.07, 6.45) is 0. The molecular formula is C15H26N2. The molecule has 17 heavy (non-hydrogen) atoms. The average molecular weight is 234 g/mol. The Balaban J connectivity index is 2.79. The molecule has 2 nitrogen and oxygen atoms in total. The van der Waals surface area contributed by atoms with Gasteiger partial charge in [-0.3, -0.25) is 0 Å². The highest BCUT2D eigenvalue weighted by Gasteiger charge is 2.19. The third kappa shape index (κ3) is 4.04. The van der Waals surface area contributed by atoms with Crippen molar-refractivity contribution in [2.24, 2.45) is 0 Å². The number of aryl methyl sites for hydroxylation is 2. The van der Waals surface area contributed by atoms with E-state index in [-0.39, 0.29) is 5.54 Å². The maximum absolute atomic E-state index is 3.51. The molecule has 0 aliphatic heterocycles. The highest BCUT2D eigenvalue weighted by molar-refractivity contribution is 5.54. The van der Waals surface area contributed by atoms with E-state index in [1.807, 2.05) is 0 Å². The van der Waals surface area contributed by atoms with Crippen molar-refractivity contribution in [1.29, 1.82) is 0 Å². The molecule has 0 aliphatic carbocycles. The second-order valence-corrected chi connectivity index (χ2v) is 5.56. The van der Waals surface area contributed by atoms with E-state index in [4.69, 9.17) is 0 Å². The van der Waals surface area contributed by atoms with Crippen LogP contribution in [-0.4, -0.2) is 25.7 Å². The fourth-order valence-corrected chi connectivity index (χ4v) is 2.45. The molecule has 0 bridgehead atoms. The van der Waals surface area contributed by atoms with Crippen LogP contribution in [0.3, 0.4) is 0 Å². The lowest BCUT2D eigenvalue weighted by Gasteiger charge is -2.33. The van der Waals surface area contributed by atoms with Gasteiger partial charge in [0.25, 0.3) is 0 Å². The molecule has 0 atom stereocenters. The van der Waals surface area contributed by atoms with Gasteiger partial charge in [0.2, 0.25) is 0 Å². The Morgan fingerprint density at radius 2 is 1.88 bits per heavy atom. The largest absolute Gasteiger partial charge is 0.373 e. The van der Waals surface area contributed by atoms with Crippen molar-refractivity contribution in [3.63, 3.8) is 0 Å². The molecule has 1 rings (SSSR count). The van der Waals surface area contributed by atoms with Crippen molar-refractivity contribution in [3.8, 4) is 0 Å². The van der Waals surface area contributed by atoms with Crippen molar-refractivity contribution in [3.05, 3.63) is 29.3 Å². The normalized spacial score (nSPS) is 11.6. The highest BCUT2D eigenvalue weighted by atomic mass is 15.1. The number of rotatable bonds is 5. The van der Waals surface area contributed by atoms with Crippen molar-refractivity contribution in [1.82, 2.24) is 5.32 Å². The summed E-state index contributed by atoms with van der Waals surface area (Å²) in [5, 5.41) is 3.51. The first kappa shape index (κ1) is 14.0. The van der Waals surface area contributed by atoms with Gasteiger partial charge in [0, 0.05) is 24.8 Å². The lowest BCUT2D eigenvalue weighted by Crippen LogP contribution is -2.48. The molecule has 0 spiro atoms. The molecule has 0 amide bonds. The summed E-state index contributed by atoms with van der Waals surface area (Å²) in [6.45, 7) is 13.0. The number of hydrogen-bond donors (Lipinski definition) is 1. The fourth-order valence-electron chi connectivity index (χ4n) is 2.45. The van der Waals surface area contributed by atoms with Crippen LogP contribution in [0.4, 0.5) is 5.69 Å². The van der Waals surface area contributed by atoms with Crippen LogP contribution in [0.5, 0.6) is 0 Å². The average Bonchev–Trinajstić information content (AvgIpc) is 2.15. The Morgan fingerprint density at radius 3 is 2.41 bits per heavy atom. The van der Waals surface area contributed by atoms with Crippen molar-refractivity contribution < 1.29 is 0 Å². The highest BCUT2D eigenvalue weighted by Crippen LogP contribution is 2.21. The van der Waals surface area contributed by atoms with Crippen molar-refractivity contribution in [2.75, 3.05) is 25.0 Å². The molecule has 1 N–H and O–H groups in total. The Bertz CT molecular complexity index is 369. The van der Waals surface area contributed by atoms with E-state index in [0.717, 1.165) is 13.1 Å². The van der Waals surface area contributed by atoms with Gasteiger partial charge in [-0.05, 0) is 45.9 Å². The lowest BCUT2D eigenvalue weighted by atomic mass is 10.0. The monoisotopic (exact) mass is 234 g/mol. The van der Waals surface area contributed by atoms with Crippen LogP contribution in [0, 0.1) is 13.8 Å². The summed E-state index contributed by atoms with van der Waals surface area (Å²) < 4.78 is 0. The number of anilines is 1.